The van der Waals surface area contributed by atoms with Crippen LogP contribution >= 0.6 is 0 Å². The van der Waals surface area contributed by atoms with Crippen molar-refractivity contribution in [2.24, 2.45) is 5.92 Å². The highest BCUT2D eigenvalue weighted by atomic mass is 16.3. The first-order chi connectivity index (χ1) is 8.08. The normalized spacial score (nSPS) is 10.6. The summed E-state index contributed by atoms with van der Waals surface area (Å²) in [4.78, 5) is 11.9. The largest absolute Gasteiger partial charge is 0.507 e. The third-order valence-corrected chi connectivity index (χ3v) is 3.10. The van der Waals surface area contributed by atoms with Crippen LogP contribution < -0.4 is 5.32 Å². The van der Waals surface area contributed by atoms with Gasteiger partial charge in [0.15, 0.2) is 0 Å². The number of aryl methyl sites for hydroxylation is 1. The molecule has 1 aromatic carbocycles. The molecule has 0 unspecified atom stereocenters. The first-order valence-corrected chi connectivity index (χ1v) is 6.16. The van der Waals surface area contributed by atoms with E-state index in [-0.39, 0.29) is 11.7 Å². The summed E-state index contributed by atoms with van der Waals surface area (Å²) in [6.45, 7) is 6.80. The van der Waals surface area contributed by atoms with Gasteiger partial charge in [-0.05, 0) is 25.0 Å². The fraction of sp³-hybridized carbons (Fsp3) is 0.500. The zero-order chi connectivity index (χ0) is 12.8. The lowest BCUT2D eigenvalue weighted by Gasteiger charge is -2.13. The molecule has 0 aliphatic rings. The average molecular weight is 235 g/mol. The Balaban J connectivity index is 2.66. The Hall–Kier alpha value is -1.51. The Bertz CT molecular complexity index is 384. The molecule has 3 heteroatoms. The summed E-state index contributed by atoms with van der Waals surface area (Å²) in [5, 5.41) is 12.5. The first-order valence-electron chi connectivity index (χ1n) is 6.16. The van der Waals surface area contributed by atoms with Crippen molar-refractivity contribution in [3.05, 3.63) is 29.3 Å². The van der Waals surface area contributed by atoms with E-state index in [4.69, 9.17) is 0 Å². The number of carbonyl (C=O) groups excluding carboxylic acids is 1. The molecule has 0 bridgehead atoms. The van der Waals surface area contributed by atoms with E-state index in [2.05, 4.69) is 19.2 Å². The van der Waals surface area contributed by atoms with Crippen molar-refractivity contribution in [1.29, 1.82) is 0 Å². The van der Waals surface area contributed by atoms with Crippen molar-refractivity contribution < 1.29 is 9.90 Å². The first kappa shape index (κ1) is 13.6. The molecular weight excluding hydrogens is 214 g/mol. The Labute approximate surface area is 103 Å². The van der Waals surface area contributed by atoms with Gasteiger partial charge >= 0.3 is 0 Å². The predicted octanol–water partition coefficient (Wildman–Crippen LogP) is 2.87. The number of rotatable bonds is 5. The smallest absolute Gasteiger partial charge is 0.255 e. The van der Waals surface area contributed by atoms with Crippen LogP contribution in [0.4, 0.5) is 0 Å². The maximum atomic E-state index is 11.9. The van der Waals surface area contributed by atoms with Crippen molar-refractivity contribution in [3.8, 4) is 5.75 Å². The van der Waals surface area contributed by atoms with Gasteiger partial charge in [0.2, 0.25) is 0 Å². The third kappa shape index (κ3) is 3.77. The van der Waals surface area contributed by atoms with Crippen LogP contribution in [0, 0.1) is 12.8 Å². The molecule has 17 heavy (non-hydrogen) atoms. The molecular formula is C14H21NO2. The number of amides is 1. The third-order valence-electron chi connectivity index (χ3n) is 3.10. The zero-order valence-corrected chi connectivity index (χ0v) is 10.8. The standard InChI is InChI=1S/C14H21NO2/c1-4-11(5-2)9-15-14(17)12-8-10(3)6-7-13(12)16/h6-8,11,16H,4-5,9H2,1-3H3,(H,15,17). The lowest BCUT2D eigenvalue weighted by molar-refractivity contribution is 0.0943. The van der Waals surface area contributed by atoms with E-state index in [0.717, 1.165) is 18.4 Å². The summed E-state index contributed by atoms with van der Waals surface area (Å²) < 4.78 is 0. The van der Waals surface area contributed by atoms with Crippen LogP contribution in [0.15, 0.2) is 18.2 Å². The van der Waals surface area contributed by atoms with Crippen molar-refractivity contribution in [2.75, 3.05) is 6.54 Å². The van der Waals surface area contributed by atoms with E-state index in [0.29, 0.717) is 18.0 Å². The number of hydrogen-bond donors (Lipinski definition) is 2. The van der Waals surface area contributed by atoms with E-state index in [1.54, 1.807) is 18.2 Å². The summed E-state index contributed by atoms with van der Waals surface area (Å²) in [6, 6.07) is 5.05. The second-order valence-corrected chi connectivity index (χ2v) is 4.41. The van der Waals surface area contributed by atoms with E-state index in [1.165, 1.54) is 0 Å². The van der Waals surface area contributed by atoms with Crippen molar-refractivity contribution in [2.45, 2.75) is 33.6 Å². The minimum absolute atomic E-state index is 0.0395. The van der Waals surface area contributed by atoms with Gasteiger partial charge in [-0.15, -0.1) is 0 Å². The lowest BCUT2D eigenvalue weighted by Crippen LogP contribution is -2.29. The topological polar surface area (TPSA) is 49.3 Å². The van der Waals surface area contributed by atoms with Crippen LogP contribution in [0.3, 0.4) is 0 Å². The Kier molecular flexibility index (Phi) is 5.01. The highest BCUT2D eigenvalue weighted by molar-refractivity contribution is 5.96. The number of benzene rings is 1. The molecule has 0 spiro atoms. The number of hydrogen-bond acceptors (Lipinski definition) is 2. The van der Waals surface area contributed by atoms with Gasteiger partial charge in [-0.1, -0.05) is 38.3 Å². The second-order valence-electron chi connectivity index (χ2n) is 4.41. The molecule has 1 rings (SSSR count). The van der Waals surface area contributed by atoms with Crippen LogP contribution in [0.2, 0.25) is 0 Å². The molecule has 0 fully saturated rings. The van der Waals surface area contributed by atoms with Gasteiger partial charge in [0.1, 0.15) is 5.75 Å². The Morgan fingerprint density at radius 1 is 1.35 bits per heavy atom. The van der Waals surface area contributed by atoms with Crippen molar-refractivity contribution >= 4 is 5.91 Å². The maximum Gasteiger partial charge on any atom is 0.255 e. The van der Waals surface area contributed by atoms with Crippen LogP contribution in [0.25, 0.3) is 0 Å². The van der Waals surface area contributed by atoms with Gasteiger partial charge in [-0.3, -0.25) is 4.79 Å². The van der Waals surface area contributed by atoms with Crippen LogP contribution in [0.1, 0.15) is 42.6 Å². The monoisotopic (exact) mass is 235 g/mol. The molecule has 2 N–H and O–H groups in total. The van der Waals surface area contributed by atoms with Gasteiger partial charge in [-0.25, -0.2) is 0 Å². The summed E-state index contributed by atoms with van der Waals surface area (Å²) >= 11 is 0. The summed E-state index contributed by atoms with van der Waals surface area (Å²) in [7, 11) is 0. The lowest BCUT2D eigenvalue weighted by atomic mass is 10.0. The number of phenols is 1. The van der Waals surface area contributed by atoms with Gasteiger partial charge in [0.05, 0.1) is 5.56 Å². The summed E-state index contributed by atoms with van der Waals surface area (Å²) in [6.07, 6.45) is 2.10. The minimum Gasteiger partial charge on any atom is -0.507 e. The summed E-state index contributed by atoms with van der Waals surface area (Å²) in [5.74, 6) is 0.349. The van der Waals surface area contributed by atoms with E-state index < -0.39 is 0 Å². The number of aromatic hydroxyl groups is 1. The molecule has 0 saturated carbocycles. The van der Waals surface area contributed by atoms with Crippen LogP contribution in [0.5, 0.6) is 5.75 Å². The van der Waals surface area contributed by atoms with Crippen molar-refractivity contribution in [3.63, 3.8) is 0 Å². The van der Waals surface area contributed by atoms with Gasteiger partial charge in [-0.2, -0.15) is 0 Å². The molecule has 1 amide bonds. The highest BCUT2D eigenvalue weighted by Gasteiger charge is 2.12. The van der Waals surface area contributed by atoms with E-state index in [9.17, 15) is 9.90 Å². The van der Waals surface area contributed by atoms with Crippen molar-refractivity contribution in [1.82, 2.24) is 5.32 Å². The van der Waals surface area contributed by atoms with E-state index in [1.807, 2.05) is 6.92 Å². The maximum absolute atomic E-state index is 11.9. The molecule has 0 aliphatic heterocycles. The predicted molar refractivity (Wildman–Crippen MR) is 69.2 cm³/mol. The number of nitrogens with one attached hydrogen (secondary N) is 1. The van der Waals surface area contributed by atoms with Gasteiger partial charge in [0, 0.05) is 6.54 Å². The van der Waals surface area contributed by atoms with Crippen LogP contribution in [-0.4, -0.2) is 17.6 Å². The highest BCUT2D eigenvalue weighted by Crippen LogP contribution is 2.18. The number of phenolic OH excluding ortho intramolecular Hbond substituents is 1. The molecule has 0 heterocycles. The quantitative estimate of drug-likeness (QED) is 0.824. The number of carbonyl (C=O) groups is 1. The molecule has 0 saturated heterocycles. The molecule has 1 aromatic rings. The van der Waals surface area contributed by atoms with Gasteiger partial charge < -0.3 is 10.4 Å². The molecule has 3 nitrogen and oxygen atoms in total. The Morgan fingerprint density at radius 2 is 2.00 bits per heavy atom. The van der Waals surface area contributed by atoms with Crippen LogP contribution in [-0.2, 0) is 0 Å². The second kappa shape index (κ2) is 6.28. The summed E-state index contributed by atoms with van der Waals surface area (Å²) in [5.41, 5.74) is 1.33. The zero-order valence-electron chi connectivity index (χ0n) is 10.8. The van der Waals surface area contributed by atoms with Gasteiger partial charge in [0.25, 0.3) is 5.91 Å². The SMILES string of the molecule is CCC(CC)CNC(=O)c1cc(C)ccc1O. The molecule has 0 atom stereocenters. The minimum atomic E-state index is -0.196. The molecule has 0 radical (unpaired) electrons. The fourth-order valence-electron chi connectivity index (χ4n) is 1.74. The molecule has 94 valence electrons. The van der Waals surface area contributed by atoms with E-state index >= 15 is 0 Å². The average Bonchev–Trinajstić information content (AvgIpc) is 2.33. The fourth-order valence-corrected chi connectivity index (χ4v) is 1.74. The molecule has 0 aliphatic carbocycles. The Morgan fingerprint density at radius 3 is 2.59 bits per heavy atom. The molecule has 0 aromatic heterocycles.